The number of hydrogen-bond donors (Lipinski definition) is 0. The van der Waals surface area contributed by atoms with Crippen molar-refractivity contribution in [2.45, 2.75) is 399 Å². The zero-order valence-corrected chi connectivity index (χ0v) is 55.7. The second-order valence-electron chi connectivity index (χ2n) is 24.9. The monoisotopic (exact) mass is 1160 g/mol. The molecular formula is C77H140O6. The van der Waals surface area contributed by atoms with Crippen LogP contribution in [0.15, 0.2) is 60.8 Å². The van der Waals surface area contributed by atoms with E-state index in [4.69, 9.17) is 14.2 Å². The van der Waals surface area contributed by atoms with Crippen LogP contribution in [0.3, 0.4) is 0 Å². The Balaban J connectivity index is 4.20. The molecule has 0 aliphatic rings. The van der Waals surface area contributed by atoms with Crippen LogP contribution in [0.4, 0.5) is 0 Å². The zero-order valence-electron chi connectivity index (χ0n) is 55.7. The van der Waals surface area contributed by atoms with Gasteiger partial charge in [0, 0.05) is 19.3 Å². The summed E-state index contributed by atoms with van der Waals surface area (Å²) in [5, 5.41) is 0. The van der Waals surface area contributed by atoms with E-state index >= 15 is 0 Å². The fourth-order valence-corrected chi connectivity index (χ4v) is 11.0. The SMILES string of the molecule is CCCCCCC/C=C\C/C=C\C/C=C\CCCCCCCCC(=O)OC(COC(=O)CCCCCCCCCCCCCCC)COC(=O)CCCCCCCCCCCCCCCCCCCCC/C=C\C/C=C\CCCCCCC. The third-order valence-electron chi connectivity index (χ3n) is 16.5. The highest BCUT2D eigenvalue weighted by Crippen LogP contribution is 2.18. The molecule has 83 heavy (non-hydrogen) atoms. The molecule has 6 heteroatoms. The van der Waals surface area contributed by atoms with Gasteiger partial charge in [0.2, 0.25) is 0 Å². The molecule has 0 bridgehead atoms. The Morgan fingerprint density at radius 2 is 0.434 bits per heavy atom. The van der Waals surface area contributed by atoms with Gasteiger partial charge in [-0.05, 0) is 89.9 Å². The lowest BCUT2D eigenvalue weighted by atomic mass is 10.0. The molecule has 1 unspecified atom stereocenters. The molecule has 0 N–H and O–H groups in total. The van der Waals surface area contributed by atoms with E-state index in [2.05, 4.69) is 81.5 Å². The zero-order chi connectivity index (χ0) is 59.9. The molecule has 484 valence electrons. The summed E-state index contributed by atoms with van der Waals surface area (Å²) in [6.45, 7) is 6.67. The topological polar surface area (TPSA) is 78.9 Å². The number of allylic oxidation sites excluding steroid dienone is 10. The predicted octanol–water partition coefficient (Wildman–Crippen LogP) is 25.5. The Morgan fingerprint density at radius 3 is 0.675 bits per heavy atom. The lowest BCUT2D eigenvalue weighted by molar-refractivity contribution is -0.167. The first kappa shape index (κ1) is 80.1. The van der Waals surface area contributed by atoms with Gasteiger partial charge in [0.25, 0.3) is 0 Å². The summed E-state index contributed by atoms with van der Waals surface area (Å²) in [4.78, 5) is 38.4. The van der Waals surface area contributed by atoms with Crippen LogP contribution in [0.25, 0.3) is 0 Å². The van der Waals surface area contributed by atoms with Crippen LogP contribution in [0, 0.1) is 0 Å². The Labute approximate surface area is 517 Å². The van der Waals surface area contributed by atoms with E-state index in [1.54, 1.807) is 0 Å². The van der Waals surface area contributed by atoms with Gasteiger partial charge < -0.3 is 14.2 Å². The summed E-state index contributed by atoms with van der Waals surface area (Å²) < 4.78 is 17.0. The highest BCUT2D eigenvalue weighted by atomic mass is 16.6. The normalized spacial score (nSPS) is 12.4. The van der Waals surface area contributed by atoms with Gasteiger partial charge in [-0.25, -0.2) is 0 Å². The van der Waals surface area contributed by atoms with E-state index < -0.39 is 6.10 Å². The van der Waals surface area contributed by atoms with Crippen LogP contribution < -0.4 is 0 Å². The molecule has 0 rings (SSSR count). The number of hydrogen-bond acceptors (Lipinski definition) is 6. The molecule has 0 aromatic rings. The first-order valence-corrected chi connectivity index (χ1v) is 36.8. The van der Waals surface area contributed by atoms with E-state index in [-0.39, 0.29) is 31.1 Å². The summed E-state index contributed by atoms with van der Waals surface area (Å²) in [5.74, 6) is -0.861. The van der Waals surface area contributed by atoms with Gasteiger partial charge in [0.1, 0.15) is 13.2 Å². The van der Waals surface area contributed by atoms with Crippen LogP contribution >= 0.6 is 0 Å². The average Bonchev–Trinajstić information content (AvgIpc) is 3.49. The Bertz CT molecular complexity index is 1470. The molecule has 0 saturated carbocycles. The molecule has 0 aromatic heterocycles. The molecule has 0 saturated heterocycles. The average molecular weight is 1160 g/mol. The van der Waals surface area contributed by atoms with Crippen molar-refractivity contribution in [2.75, 3.05) is 13.2 Å². The summed E-state index contributed by atoms with van der Waals surface area (Å²) in [6.07, 6.45) is 92.6. The number of unbranched alkanes of at least 4 members (excludes halogenated alkanes) is 47. The largest absolute Gasteiger partial charge is 0.462 e. The molecular weight excluding hydrogens is 1020 g/mol. The standard InChI is InChI=1S/C77H140O6/c1-4-7-10-13-16-19-22-25-27-29-31-33-34-35-36-37-38-39-40-41-42-44-45-47-49-52-55-58-61-64-67-70-76(79)82-73-74(72-81-75(78)69-66-63-60-57-54-51-24-21-18-15-12-9-6-3)83-77(80)71-68-65-62-59-56-53-50-48-46-43-32-30-28-26-23-20-17-14-11-8-5-2/h22-23,25-26,29-32,46,48,74H,4-21,24,27-28,33-45,47,49-73H2,1-3H3/b25-22-,26-23-,31-29-,32-30-,48-46-. The van der Waals surface area contributed by atoms with Crippen molar-refractivity contribution in [2.24, 2.45) is 0 Å². The second kappa shape index (κ2) is 71.6. The van der Waals surface area contributed by atoms with Crippen molar-refractivity contribution in [1.29, 1.82) is 0 Å². The number of ether oxygens (including phenoxy) is 3. The second-order valence-corrected chi connectivity index (χ2v) is 24.9. The summed E-state index contributed by atoms with van der Waals surface area (Å²) >= 11 is 0. The third kappa shape index (κ3) is 69.8. The van der Waals surface area contributed by atoms with E-state index in [0.29, 0.717) is 19.3 Å². The van der Waals surface area contributed by atoms with Crippen molar-refractivity contribution in [3.8, 4) is 0 Å². The Hall–Kier alpha value is -2.89. The molecule has 1 atom stereocenters. The van der Waals surface area contributed by atoms with E-state index in [9.17, 15) is 14.4 Å². The Morgan fingerprint density at radius 1 is 0.241 bits per heavy atom. The minimum absolute atomic E-state index is 0.0745. The number of rotatable bonds is 68. The van der Waals surface area contributed by atoms with Gasteiger partial charge in [-0.2, -0.15) is 0 Å². The maximum atomic E-state index is 12.9. The van der Waals surface area contributed by atoms with Crippen molar-refractivity contribution in [3.63, 3.8) is 0 Å². The third-order valence-corrected chi connectivity index (χ3v) is 16.5. The van der Waals surface area contributed by atoms with Crippen LogP contribution in [0.2, 0.25) is 0 Å². The molecule has 0 fully saturated rings. The molecule has 6 nitrogen and oxygen atoms in total. The van der Waals surface area contributed by atoms with Gasteiger partial charge in [0.15, 0.2) is 6.10 Å². The van der Waals surface area contributed by atoms with Gasteiger partial charge >= 0.3 is 17.9 Å². The molecule has 0 aromatic carbocycles. The quantitative estimate of drug-likeness (QED) is 0.0261. The van der Waals surface area contributed by atoms with E-state index in [0.717, 1.165) is 83.5 Å². The van der Waals surface area contributed by atoms with Crippen LogP contribution in [0.1, 0.15) is 393 Å². The van der Waals surface area contributed by atoms with Crippen LogP contribution in [-0.4, -0.2) is 37.2 Å². The number of carbonyl (C=O) groups is 3. The van der Waals surface area contributed by atoms with Gasteiger partial charge in [-0.3, -0.25) is 14.4 Å². The van der Waals surface area contributed by atoms with Gasteiger partial charge in [-0.1, -0.05) is 345 Å². The van der Waals surface area contributed by atoms with Crippen LogP contribution in [-0.2, 0) is 28.6 Å². The fraction of sp³-hybridized carbons (Fsp3) is 0.831. The predicted molar refractivity (Wildman–Crippen MR) is 362 cm³/mol. The van der Waals surface area contributed by atoms with Gasteiger partial charge in [-0.15, -0.1) is 0 Å². The van der Waals surface area contributed by atoms with Gasteiger partial charge in [0.05, 0.1) is 0 Å². The minimum Gasteiger partial charge on any atom is -0.462 e. The van der Waals surface area contributed by atoms with Crippen LogP contribution in [0.5, 0.6) is 0 Å². The first-order valence-electron chi connectivity index (χ1n) is 36.8. The molecule has 0 aliphatic heterocycles. The number of esters is 3. The molecule has 0 spiro atoms. The molecule has 0 heterocycles. The molecule has 0 radical (unpaired) electrons. The van der Waals surface area contributed by atoms with Crippen molar-refractivity contribution in [3.05, 3.63) is 60.8 Å². The van der Waals surface area contributed by atoms with Crippen molar-refractivity contribution >= 4 is 17.9 Å². The summed E-state index contributed by atoms with van der Waals surface area (Å²) in [5.41, 5.74) is 0. The van der Waals surface area contributed by atoms with E-state index in [1.807, 2.05) is 0 Å². The first-order chi connectivity index (χ1) is 41.0. The number of carbonyl (C=O) groups excluding carboxylic acids is 3. The van der Waals surface area contributed by atoms with E-state index in [1.165, 1.54) is 270 Å². The lowest BCUT2D eigenvalue weighted by Crippen LogP contribution is -2.30. The van der Waals surface area contributed by atoms with Crippen molar-refractivity contribution in [1.82, 2.24) is 0 Å². The summed E-state index contributed by atoms with van der Waals surface area (Å²) in [6, 6.07) is 0. The maximum absolute atomic E-state index is 12.9. The summed E-state index contributed by atoms with van der Waals surface area (Å²) in [7, 11) is 0. The Kier molecular flexibility index (Phi) is 69.1. The fourth-order valence-electron chi connectivity index (χ4n) is 11.0. The maximum Gasteiger partial charge on any atom is 0.306 e. The lowest BCUT2D eigenvalue weighted by Gasteiger charge is -2.18. The molecule has 0 amide bonds. The minimum atomic E-state index is -0.780. The van der Waals surface area contributed by atoms with Crippen molar-refractivity contribution < 1.29 is 28.6 Å². The smallest absolute Gasteiger partial charge is 0.306 e. The molecule has 0 aliphatic carbocycles. The highest BCUT2D eigenvalue weighted by Gasteiger charge is 2.19. The highest BCUT2D eigenvalue weighted by molar-refractivity contribution is 5.71.